The number of fused-ring (bicyclic) bond motifs is 1. The zero-order valence-electron chi connectivity index (χ0n) is 13.3. The molecule has 23 heavy (non-hydrogen) atoms. The van der Waals surface area contributed by atoms with Gasteiger partial charge in [-0.2, -0.15) is 0 Å². The Morgan fingerprint density at radius 2 is 1.78 bits per heavy atom. The second-order valence-corrected chi connectivity index (χ2v) is 5.58. The average molecular weight is 310 g/mol. The molecule has 0 atom stereocenters. The lowest BCUT2D eigenvalue weighted by Gasteiger charge is -2.24. The highest BCUT2D eigenvalue weighted by atomic mass is 16.5. The summed E-state index contributed by atoms with van der Waals surface area (Å²) in [6.45, 7) is 7.69. The van der Waals surface area contributed by atoms with E-state index in [0.717, 1.165) is 11.1 Å². The number of phenolic OH excluding ortho intramolecular Hbond substituents is 1. The van der Waals surface area contributed by atoms with Gasteiger partial charge in [0.1, 0.15) is 17.2 Å². The molecule has 2 N–H and O–H groups in total. The van der Waals surface area contributed by atoms with Crippen molar-refractivity contribution in [1.29, 1.82) is 0 Å². The van der Waals surface area contributed by atoms with E-state index in [4.69, 9.17) is 9.47 Å². The van der Waals surface area contributed by atoms with E-state index in [1.165, 1.54) is 0 Å². The molecule has 118 valence electrons. The van der Waals surface area contributed by atoms with Gasteiger partial charge in [-0.05, 0) is 49.2 Å². The van der Waals surface area contributed by atoms with Crippen LogP contribution in [-0.2, 0) is 0 Å². The van der Waals surface area contributed by atoms with Crippen molar-refractivity contribution in [3.63, 3.8) is 0 Å². The molecule has 0 fully saturated rings. The second-order valence-electron chi connectivity index (χ2n) is 5.58. The molecule has 2 aromatic carbocycles. The molecule has 2 aromatic rings. The molecule has 1 heterocycles. The molecule has 0 saturated carbocycles. The number of hydrogen-bond acceptors (Lipinski definition) is 4. The molecule has 3 rings (SSSR count). The van der Waals surface area contributed by atoms with Gasteiger partial charge in [0.15, 0.2) is 11.5 Å². The summed E-state index contributed by atoms with van der Waals surface area (Å²) in [6, 6.07) is 8.67. The summed E-state index contributed by atoms with van der Waals surface area (Å²) in [5.41, 5.74) is 3.56. The van der Waals surface area contributed by atoms with Crippen LogP contribution in [0.1, 0.15) is 22.3 Å². The maximum absolute atomic E-state index is 10.5. The van der Waals surface area contributed by atoms with E-state index in [0.29, 0.717) is 34.0 Å². The highest BCUT2D eigenvalue weighted by Gasteiger charge is 2.26. The molecular weight excluding hydrogens is 292 g/mol. The summed E-state index contributed by atoms with van der Waals surface area (Å²) in [6.07, 6.45) is 0. The molecule has 1 aliphatic heterocycles. The fraction of sp³-hybridized carbons (Fsp3) is 0.158. The van der Waals surface area contributed by atoms with Crippen LogP contribution in [0.4, 0.5) is 0 Å². The van der Waals surface area contributed by atoms with Crippen molar-refractivity contribution in [2.75, 3.05) is 7.11 Å². The number of allylic oxidation sites excluding steroid dienone is 1. The lowest BCUT2D eigenvalue weighted by molar-refractivity contribution is 0.391. The molecule has 0 amide bonds. The maximum atomic E-state index is 10.5. The van der Waals surface area contributed by atoms with E-state index in [-0.39, 0.29) is 11.5 Å². The summed E-state index contributed by atoms with van der Waals surface area (Å²) in [5, 5.41) is 20.2. The average Bonchev–Trinajstić information content (AvgIpc) is 2.52. The minimum atomic E-state index is -0.00384. The first kappa shape index (κ1) is 15.0. The van der Waals surface area contributed by atoms with Crippen molar-refractivity contribution in [3.05, 3.63) is 64.9 Å². The van der Waals surface area contributed by atoms with Gasteiger partial charge in [0, 0.05) is 22.8 Å². The lowest BCUT2D eigenvalue weighted by atomic mass is 9.94. The standard InChI is InChI=1S/C19H18O4/c1-10-7-13(5-6-15(10)20)19-18(21)12(3)17-11(2)8-14(22-4)9-16(17)23-19/h5-9,20-21H,3H2,1-2,4H3. The zero-order chi connectivity index (χ0) is 16.7. The molecule has 0 aliphatic carbocycles. The second kappa shape index (κ2) is 5.39. The Kier molecular flexibility index (Phi) is 3.52. The molecule has 0 spiro atoms. The largest absolute Gasteiger partial charge is 0.508 e. The van der Waals surface area contributed by atoms with Crippen molar-refractivity contribution in [1.82, 2.24) is 0 Å². The number of aliphatic hydroxyl groups excluding tert-OH is 1. The van der Waals surface area contributed by atoms with E-state index in [1.807, 2.05) is 13.0 Å². The zero-order valence-corrected chi connectivity index (χ0v) is 13.3. The van der Waals surface area contributed by atoms with E-state index < -0.39 is 0 Å². The molecule has 4 heteroatoms. The summed E-state index contributed by atoms with van der Waals surface area (Å²) in [5.74, 6) is 1.78. The first-order chi connectivity index (χ1) is 10.9. The van der Waals surface area contributed by atoms with Crippen molar-refractivity contribution in [2.24, 2.45) is 0 Å². The molecule has 4 nitrogen and oxygen atoms in total. The van der Waals surface area contributed by atoms with Gasteiger partial charge in [-0.25, -0.2) is 0 Å². The highest BCUT2D eigenvalue weighted by molar-refractivity contribution is 5.91. The van der Waals surface area contributed by atoms with Crippen LogP contribution in [0, 0.1) is 13.8 Å². The van der Waals surface area contributed by atoms with Crippen LogP contribution >= 0.6 is 0 Å². The fourth-order valence-electron chi connectivity index (χ4n) is 2.71. The summed E-state index contributed by atoms with van der Waals surface area (Å²) >= 11 is 0. The third kappa shape index (κ3) is 2.42. The highest BCUT2D eigenvalue weighted by Crippen LogP contribution is 2.43. The summed E-state index contributed by atoms with van der Waals surface area (Å²) in [7, 11) is 1.59. The number of aromatic hydroxyl groups is 1. The molecular formula is C19H18O4. The molecule has 1 aliphatic rings. The molecule has 0 bridgehead atoms. The first-order valence-corrected chi connectivity index (χ1v) is 7.21. The Hall–Kier alpha value is -2.88. The van der Waals surface area contributed by atoms with Crippen LogP contribution in [0.25, 0.3) is 11.3 Å². The number of phenols is 1. The number of rotatable bonds is 2. The molecule has 0 radical (unpaired) electrons. The first-order valence-electron chi connectivity index (χ1n) is 7.21. The van der Waals surface area contributed by atoms with E-state index >= 15 is 0 Å². The number of ether oxygens (including phenoxy) is 2. The van der Waals surface area contributed by atoms with Crippen LogP contribution in [0.3, 0.4) is 0 Å². The Labute approximate surface area is 134 Å². The van der Waals surface area contributed by atoms with Gasteiger partial charge in [0.25, 0.3) is 0 Å². The maximum Gasteiger partial charge on any atom is 0.176 e. The van der Waals surface area contributed by atoms with Crippen LogP contribution in [-0.4, -0.2) is 17.3 Å². The van der Waals surface area contributed by atoms with Gasteiger partial charge in [-0.1, -0.05) is 6.58 Å². The Balaban J connectivity index is 2.15. The number of benzene rings is 2. The number of aliphatic hydroxyl groups is 1. The van der Waals surface area contributed by atoms with Gasteiger partial charge < -0.3 is 19.7 Å². The third-order valence-electron chi connectivity index (χ3n) is 3.98. The molecule has 0 saturated heterocycles. The molecule has 0 unspecified atom stereocenters. The van der Waals surface area contributed by atoms with Gasteiger partial charge in [0.2, 0.25) is 0 Å². The Morgan fingerprint density at radius 3 is 2.43 bits per heavy atom. The van der Waals surface area contributed by atoms with Crippen molar-refractivity contribution in [2.45, 2.75) is 13.8 Å². The minimum Gasteiger partial charge on any atom is -0.508 e. The van der Waals surface area contributed by atoms with Gasteiger partial charge in [-0.15, -0.1) is 0 Å². The van der Waals surface area contributed by atoms with Crippen LogP contribution in [0.15, 0.2) is 42.7 Å². The SMILES string of the molecule is C=C1C(O)=C(c2ccc(O)c(C)c2)Oc2cc(OC)cc(C)c21. The van der Waals surface area contributed by atoms with Gasteiger partial charge in [-0.3, -0.25) is 0 Å². The monoisotopic (exact) mass is 310 g/mol. The fourth-order valence-corrected chi connectivity index (χ4v) is 2.71. The van der Waals surface area contributed by atoms with E-state index in [1.54, 1.807) is 38.3 Å². The quantitative estimate of drug-likeness (QED) is 0.865. The summed E-state index contributed by atoms with van der Waals surface area (Å²) in [4.78, 5) is 0. The normalized spacial score (nSPS) is 13.6. The van der Waals surface area contributed by atoms with Crippen molar-refractivity contribution >= 4 is 11.3 Å². The minimum absolute atomic E-state index is 0.00384. The Morgan fingerprint density at radius 1 is 1.04 bits per heavy atom. The van der Waals surface area contributed by atoms with Gasteiger partial charge >= 0.3 is 0 Å². The van der Waals surface area contributed by atoms with Crippen molar-refractivity contribution < 1.29 is 19.7 Å². The van der Waals surface area contributed by atoms with E-state index in [2.05, 4.69) is 6.58 Å². The number of methoxy groups -OCH3 is 1. The smallest absolute Gasteiger partial charge is 0.176 e. The van der Waals surface area contributed by atoms with Gasteiger partial charge in [0.05, 0.1) is 7.11 Å². The third-order valence-corrected chi connectivity index (χ3v) is 3.98. The Bertz CT molecular complexity index is 847. The van der Waals surface area contributed by atoms with Crippen molar-refractivity contribution in [3.8, 4) is 17.2 Å². The topological polar surface area (TPSA) is 58.9 Å². The predicted molar refractivity (Wildman–Crippen MR) is 89.8 cm³/mol. The van der Waals surface area contributed by atoms with E-state index in [9.17, 15) is 10.2 Å². The number of aryl methyl sites for hydroxylation is 2. The number of hydrogen-bond donors (Lipinski definition) is 2. The summed E-state index contributed by atoms with van der Waals surface area (Å²) < 4.78 is 11.2. The van der Waals surface area contributed by atoms with Crippen LogP contribution in [0.2, 0.25) is 0 Å². The molecule has 0 aromatic heterocycles. The van der Waals surface area contributed by atoms with Crippen LogP contribution < -0.4 is 9.47 Å². The lowest BCUT2D eigenvalue weighted by Crippen LogP contribution is -2.10. The van der Waals surface area contributed by atoms with Crippen LogP contribution in [0.5, 0.6) is 17.2 Å². The predicted octanol–water partition coefficient (Wildman–Crippen LogP) is 4.35.